The molecule has 1 N–H and O–H groups in total. The summed E-state index contributed by atoms with van der Waals surface area (Å²) in [5.74, 6) is -0.194. The number of amides is 1. The molecule has 1 aromatic heterocycles. The van der Waals surface area contributed by atoms with Crippen molar-refractivity contribution in [3.63, 3.8) is 0 Å². The Hall–Kier alpha value is -2.91. The molecule has 3 rings (SSSR count). The number of nitrogens with zero attached hydrogens (tertiary/aromatic N) is 1. The molecule has 0 aliphatic rings. The number of ether oxygens (including phenoxy) is 1. The molecule has 3 aromatic rings. The number of carbonyl (C=O) groups is 1. The van der Waals surface area contributed by atoms with E-state index in [0.717, 1.165) is 39.1 Å². The number of nitrogens with one attached hydrogen (secondary N) is 1. The van der Waals surface area contributed by atoms with E-state index in [-0.39, 0.29) is 9.90 Å². The van der Waals surface area contributed by atoms with Crippen LogP contribution >= 0.6 is 11.3 Å². The van der Waals surface area contributed by atoms with Gasteiger partial charge in [0, 0.05) is 6.54 Å². The van der Waals surface area contributed by atoms with Crippen molar-refractivity contribution in [2.75, 3.05) is 24.5 Å². The normalized spacial score (nSPS) is 11.1. The molecule has 0 aliphatic carbocycles. The van der Waals surface area contributed by atoms with Crippen LogP contribution in [0.15, 0.2) is 70.3 Å². The van der Waals surface area contributed by atoms with Gasteiger partial charge in [-0.05, 0) is 59.8 Å². The first-order chi connectivity index (χ1) is 14.4. The lowest BCUT2D eigenvalue weighted by molar-refractivity contribution is -0.119. The Labute approximate surface area is 179 Å². The van der Waals surface area contributed by atoms with Gasteiger partial charge in [0.15, 0.2) is 0 Å². The van der Waals surface area contributed by atoms with E-state index in [1.54, 1.807) is 18.6 Å². The summed E-state index contributed by atoms with van der Waals surface area (Å²) in [6.07, 6.45) is 0.587. The van der Waals surface area contributed by atoms with Gasteiger partial charge in [0.05, 0.1) is 12.8 Å². The van der Waals surface area contributed by atoms with Gasteiger partial charge < -0.3 is 10.1 Å². The van der Waals surface area contributed by atoms with Crippen LogP contribution in [0.2, 0.25) is 0 Å². The summed E-state index contributed by atoms with van der Waals surface area (Å²) in [5, 5.41) is 4.39. The number of methoxy groups -OCH3 is 1. The number of carbonyl (C=O) groups excluding carboxylic acids is 1. The van der Waals surface area contributed by atoms with Gasteiger partial charge in [-0.1, -0.05) is 18.2 Å². The third kappa shape index (κ3) is 5.37. The van der Waals surface area contributed by atoms with Crippen molar-refractivity contribution in [2.24, 2.45) is 0 Å². The third-order valence-corrected chi connectivity index (χ3v) is 7.48. The second kappa shape index (κ2) is 9.73. The summed E-state index contributed by atoms with van der Waals surface area (Å²) < 4.78 is 45.6. The predicted molar refractivity (Wildman–Crippen MR) is 115 cm³/mol. The fourth-order valence-electron chi connectivity index (χ4n) is 2.77. The molecule has 0 radical (unpaired) electrons. The zero-order chi connectivity index (χ0) is 21.6. The van der Waals surface area contributed by atoms with Gasteiger partial charge >= 0.3 is 0 Å². The molecular weight excluding hydrogens is 427 g/mol. The Morgan fingerprint density at radius 3 is 2.40 bits per heavy atom. The van der Waals surface area contributed by atoms with Crippen molar-refractivity contribution in [2.45, 2.75) is 10.6 Å². The van der Waals surface area contributed by atoms with Gasteiger partial charge in [0.1, 0.15) is 22.3 Å². The zero-order valence-corrected chi connectivity index (χ0v) is 17.9. The number of sulfonamides is 1. The van der Waals surface area contributed by atoms with Gasteiger partial charge in [-0.25, -0.2) is 12.8 Å². The van der Waals surface area contributed by atoms with Gasteiger partial charge in [-0.2, -0.15) is 0 Å². The summed E-state index contributed by atoms with van der Waals surface area (Å²) in [5.41, 5.74) is 1.23. The van der Waals surface area contributed by atoms with E-state index in [9.17, 15) is 17.6 Å². The Kier molecular flexibility index (Phi) is 7.07. The average molecular weight is 449 g/mol. The molecule has 1 amide bonds. The molecule has 0 saturated heterocycles. The van der Waals surface area contributed by atoms with Crippen LogP contribution in [0, 0.1) is 5.82 Å². The smallest absolute Gasteiger partial charge is 0.274 e. The van der Waals surface area contributed by atoms with Gasteiger partial charge in [-0.3, -0.25) is 9.10 Å². The van der Waals surface area contributed by atoms with Crippen molar-refractivity contribution < 1.29 is 22.3 Å². The molecule has 0 fully saturated rings. The fraction of sp³-hybridized carbons (Fsp3) is 0.190. The van der Waals surface area contributed by atoms with E-state index in [1.807, 2.05) is 24.3 Å². The van der Waals surface area contributed by atoms with Gasteiger partial charge in [0.2, 0.25) is 5.91 Å². The number of hydrogen-bond acceptors (Lipinski definition) is 5. The van der Waals surface area contributed by atoms with E-state index in [2.05, 4.69) is 5.32 Å². The first-order valence-electron chi connectivity index (χ1n) is 9.11. The summed E-state index contributed by atoms with van der Waals surface area (Å²) in [6.45, 7) is -0.0596. The highest BCUT2D eigenvalue weighted by Crippen LogP contribution is 2.26. The first kappa shape index (κ1) is 21.8. The van der Waals surface area contributed by atoms with Crippen LogP contribution in [0.3, 0.4) is 0 Å². The SMILES string of the molecule is COc1ccc(CCNC(=O)CN(c2ccc(F)cc2)S(=O)(=O)c2cccs2)cc1. The minimum Gasteiger partial charge on any atom is -0.497 e. The van der Waals surface area contributed by atoms with Crippen LogP contribution in [0.1, 0.15) is 5.56 Å². The molecule has 0 unspecified atom stereocenters. The number of benzene rings is 2. The van der Waals surface area contributed by atoms with Crippen LogP contribution in [-0.4, -0.2) is 34.5 Å². The second-order valence-corrected chi connectivity index (χ2v) is 9.41. The molecule has 0 saturated carbocycles. The largest absolute Gasteiger partial charge is 0.497 e. The number of halogens is 1. The number of thiophene rings is 1. The topological polar surface area (TPSA) is 75.7 Å². The predicted octanol–water partition coefficient (Wildman–Crippen LogP) is 3.45. The first-order valence-corrected chi connectivity index (χ1v) is 11.4. The Morgan fingerprint density at radius 2 is 1.80 bits per heavy atom. The summed E-state index contributed by atoms with van der Waals surface area (Å²) in [6, 6.07) is 15.6. The molecular formula is C21H21FN2O4S2. The Morgan fingerprint density at radius 1 is 1.10 bits per heavy atom. The summed E-state index contributed by atoms with van der Waals surface area (Å²) >= 11 is 1.06. The highest BCUT2D eigenvalue weighted by atomic mass is 32.2. The van der Waals surface area contributed by atoms with Crippen LogP contribution in [0.25, 0.3) is 0 Å². The molecule has 2 aromatic carbocycles. The molecule has 0 aliphatic heterocycles. The monoisotopic (exact) mass is 448 g/mol. The molecule has 1 heterocycles. The molecule has 0 bridgehead atoms. The van der Waals surface area contributed by atoms with Crippen LogP contribution in [0.5, 0.6) is 5.75 Å². The highest BCUT2D eigenvalue weighted by Gasteiger charge is 2.28. The van der Waals surface area contributed by atoms with Gasteiger partial charge in [-0.15, -0.1) is 11.3 Å². The molecule has 158 valence electrons. The van der Waals surface area contributed by atoms with Crippen LogP contribution in [-0.2, 0) is 21.2 Å². The quantitative estimate of drug-likeness (QED) is 0.544. The highest BCUT2D eigenvalue weighted by molar-refractivity contribution is 7.94. The number of hydrogen-bond donors (Lipinski definition) is 1. The molecule has 0 atom stereocenters. The lowest BCUT2D eigenvalue weighted by Crippen LogP contribution is -2.41. The van der Waals surface area contributed by atoms with Crippen molar-refractivity contribution in [3.05, 3.63) is 77.4 Å². The van der Waals surface area contributed by atoms with Crippen molar-refractivity contribution in [3.8, 4) is 5.75 Å². The maximum Gasteiger partial charge on any atom is 0.274 e. The molecule has 0 spiro atoms. The van der Waals surface area contributed by atoms with Crippen molar-refractivity contribution in [1.29, 1.82) is 0 Å². The fourth-order valence-corrected chi connectivity index (χ4v) is 5.29. The summed E-state index contributed by atoms with van der Waals surface area (Å²) in [4.78, 5) is 12.5. The lowest BCUT2D eigenvalue weighted by atomic mass is 10.1. The van der Waals surface area contributed by atoms with E-state index in [1.165, 1.54) is 18.2 Å². The third-order valence-electron chi connectivity index (χ3n) is 4.34. The number of rotatable bonds is 9. The standard InChI is InChI=1S/C21H21FN2O4S2/c1-28-19-10-4-16(5-11-19)12-13-23-20(25)15-24(18-8-6-17(22)7-9-18)30(26,27)21-3-2-14-29-21/h2-11,14H,12-13,15H2,1H3,(H,23,25). The van der Waals surface area contributed by atoms with Crippen molar-refractivity contribution >= 4 is 33.0 Å². The second-order valence-electron chi connectivity index (χ2n) is 6.37. The van der Waals surface area contributed by atoms with E-state index >= 15 is 0 Å². The molecule has 30 heavy (non-hydrogen) atoms. The molecule has 9 heteroatoms. The van der Waals surface area contributed by atoms with E-state index in [0.29, 0.717) is 13.0 Å². The Bertz CT molecular complexity index is 1070. The molecule has 6 nitrogen and oxygen atoms in total. The lowest BCUT2D eigenvalue weighted by Gasteiger charge is -2.23. The van der Waals surface area contributed by atoms with Crippen LogP contribution < -0.4 is 14.4 Å². The maximum atomic E-state index is 13.3. The van der Waals surface area contributed by atoms with Crippen LogP contribution in [0.4, 0.5) is 10.1 Å². The zero-order valence-electron chi connectivity index (χ0n) is 16.2. The van der Waals surface area contributed by atoms with Gasteiger partial charge in [0.25, 0.3) is 10.0 Å². The average Bonchev–Trinajstić information content (AvgIpc) is 3.29. The summed E-state index contributed by atoms with van der Waals surface area (Å²) in [7, 11) is -2.36. The van der Waals surface area contributed by atoms with Crippen molar-refractivity contribution in [1.82, 2.24) is 5.32 Å². The minimum atomic E-state index is -3.95. The van der Waals surface area contributed by atoms with E-state index < -0.39 is 28.3 Å². The maximum absolute atomic E-state index is 13.3. The number of anilines is 1. The van der Waals surface area contributed by atoms with E-state index in [4.69, 9.17) is 4.74 Å². The Balaban J connectivity index is 1.69. The minimum absolute atomic E-state index is 0.109.